The Morgan fingerprint density at radius 3 is 2.35 bits per heavy atom. The normalized spacial score (nSPS) is 20.1. The number of fused-ring (bicyclic) bond motifs is 1. The first-order valence-electron chi connectivity index (χ1n) is 8.12. The van der Waals surface area contributed by atoms with E-state index in [1.807, 2.05) is 0 Å². The van der Waals surface area contributed by atoms with Crippen LogP contribution in [0.2, 0.25) is 0 Å². The third-order valence-electron chi connectivity index (χ3n) is 4.55. The van der Waals surface area contributed by atoms with Crippen molar-refractivity contribution in [3.05, 3.63) is 35.4 Å². The van der Waals surface area contributed by atoms with Crippen molar-refractivity contribution in [2.75, 3.05) is 32.7 Å². The van der Waals surface area contributed by atoms with Gasteiger partial charge in [-0.05, 0) is 38.1 Å². The third kappa shape index (κ3) is 3.57. The molecule has 0 saturated carbocycles. The molecular formula is C17H24ClN3O2. The first-order chi connectivity index (χ1) is 10.7. The molecule has 1 aromatic carbocycles. The van der Waals surface area contributed by atoms with Gasteiger partial charge in [-0.2, -0.15) is 0 Å². The SMILES string of the molecule is CCCN(CCN1C(=O)c2ccccc2C1=O)C1CCNC1.Cl. The molecule has 1 fully saturated rings. The van der Waals surface area contributed by atoms with E-state index >= 15 is 0 Å². The number of carbonyl (C=O) groups excluding carboxylic acids is 2. The Morgan fingerprint density at radius 2 is 1.83 bits per heavy atom. The quantitative estimate of drug-likeness (QED) is 0.804. The highest BCUT2D eigenvalue weighted by Crippen LogP contribution is 2.22. The topological polar surface area (TPSA) is 52.7 Å². The van der Waals surface area contributed by atoms with Crippen LogP contribution in [-0.4, -0.2) is 60.4 Å². The van der Waals surface area contributed by atoms with Gasteiger partial charge in [-0.25, -0.2) is 0 Å². The fourth-order valence-electron chi connectivity index (χ4n) is 3.39. The van der Waals surface area contributed by atoms with Crippen LogP contribution in [0.3, 0.4) is 0 Å². The lowest BCUT2D eigenvalue weighted by Gasteiger charge is -2.29. The predicted molar refractivity (Wildman–Crippen MR) is 92.2 cm³/mol. The van der Waals surface area contributed by atoms with Gasteiger partial charge in [0.15, 0.2) is 0 Å². The molecule has 126 valence electrons. The minimum absolute atomic E-state index is 0. The molecule has 1 N–H and O–H groups in total. The number of nitrogens with zero attached hydrogens (tertiary/aromatic N) is 2. The van der Waals surface area contributed by atoms with Gasteiger partial charge in [-0.15, -0.1) is 12.4 Å². The van der Waals surface area contributed by atoms with Gasteiger partial charge >= 0.3 is 0 Å². The van der Waals surface area contributed by atoms with Gasteiger partial charge in [-0.3, -0.25) is 19.4 Å². The van der Waals surface area contributed by atoms with Crippen LogP contribution >= 0.6 is 12.4 Å². The van der Waals surface area contributed by atoms with E-state index in [9.17, 15) is 9.59 Å². The number of nitrogens with one attached hydrogen (secondary N) is 1. The molecule has 2 amide bonds. The standard InChI is InChI=1S/C17H23N3O2.ClH/c1-2-9-19(13-7-8-18-12-13)10-11-20-16(21)14-5-3-4-6-15(14)17(20)22;/h3-6,13,18H,2,7-12H2,1H3;1H. The lowest BCUT2D eigenvalue weighted by molar-refractivity contribution is 0.0626. The molecule has 5 nitrogen and oxygen atoms in total. The van der Waals surface area contributed by atoms with E-state index in [-0.39, 0.29) is 24.2 Å². The molecule has 3 rings (SSSR count). The lowest BCUT2D eigenvalue weighted by Crippen LogP contribution is -2.44. The van der Waals surface area contributed by atoms with E-state index in [2.05, 4.69) is 17.1 Å². The van der Waals surface area contributed by atoms with Crippen molar-refractivity contribution in [2.24, 2.45) is 0 Å². The average Bonchev–Trinajstić information content (AvgIpc) is 3.14. The Bertz CT molecular complexity index is 538. The van der Waals surface area contributed by atoms with Crippen LogP contribution in [0.1, 0.15) is 40.5 Å². The Hall–Kier alpha value is -1.43. The molecule has 0 radical (unpaired) electrons. The van der Waals surface area contributed by atoms with E-state index in [0.717, 1.165) is 39.0 Å². The van der Waals surface area contributed by atoms with Gasteiger partial charge in [-0.1, -0.05) is 19.1 Å². The maximum Gasteiger partial charge on any atom is 0.261 e. The van der Waals surface area contributed by atoms with Gasteiger partial charge in [0.25, 0.3) is 11.8 Å². The van der Waals surface area contributed by atoms with Crippen LogP contribution in [0, 0.1) is 0 Å². The molecular weight excluding hydrogens is 314 g/mol. The Labute approximate surface area is 143 Å². The van der Waals surface area contributed by atoms with Crippen molar-refractivity contribution in [2.45, 2.75) is 25.8 Å². The Kier molecular flexibility index (Phi) is 6.16. The molecule has 0 spiro atoms. The maximum absolute atomic E-state index is 12.4. The first kappa shape index (κ1) is 17.9. The van der Waals surface area contributed by atoms with Crippen LogP contribution in [0.25, 0.3) is 0 Å². The second kappa shape index (κ2) is 7.90. The molecule has 0 aromatic heterocycles. The van der Waals surface area contributed by atoms with Crippen LogP contribution in [-0.2, 0) is 0 Å². The molecule has 1 saturated heterocycles. The lowest BCUT2D eigenvalue weighted by atomic mass is 10.1. The number of benzene rings is 1. The first-order valence-corrected chi connectivity index (χ1v) is 8.12. The van der Waals surface area contributed by atoms with E-state index in [1.54, 1.807) is 24.3 Å². The largest absolute Gasteiger partial charge is 0.315 e. The van der Waals surface area contributed by atoms with Crippen LogP contribution in [0.5, 0.6) is 0 Å². The number of hydrogen-bond donors (Lipinski definition) is 1. The average molecular weight is 338 g/mol. The Balaban J connectivity index is 0.00000192. The predicted octanol–water partition coefficient (Wildman–Crippen LogP) is 1.78. The second-order valence-electron chi connectivity index (χ2n) is 5.99. The zero-order valence-corrected chi connectivity index (χ0v) is 14.3. The summed E-state index contributed by atoms with van der Waals surface area (Å²) in [6.07, 6.45) is 2.22. The second-order valence-corrected chi connectivity index (χ2v) is 5.99. The third-order valence-corrected chi connectivity index (χ3v) is 4.55. The van der Waals surface area contributed by atoms with Crippen molar-refractivity contribution in [1.29, 1.82) is 0 Å². The number of carbonyl (C=O) groups is 2. The van der Waals surface area contributed by atoms with Crippen molar-refractivity contribution in [3.63, 3.8) is 0 Å². The van der Waals surface area contributed by atoms with Gasteiger partial charge < -0.3 is 5.32 Å². The Morgan fingerprint density at radius 1 is 1.17 bits per heavy atom. The smallest absolute Gasteiger partial charge is 0.261 e. The van der Waals surface area contributed by atoms with E-state index in [0.29, 0.717) is 23.7 Å². The summed E-state index contributed by atoms with van der Waals surface area (Å²) in [7, 11) is 0. The number of rotatable bonds is 6. The molecule has 23 heavy (non-hydrogen) atoms. The van der Waals surface area contributed by atoms with E-state index < -0.39 is 0 Å². The highest BCUT2D eigenvalue weighted by molar-refractivity contribution is 6.21. The molecule has 1 atom stereocenters. The highest BCUT2D eigenvalue weighted by Gasteiger charge is 2.35. The summed E-state index contributed by atoms with van der Waals surface area (Å²) in [6.45, 7) is 6.46. The van der Waals surface area contributed by atoms with Crippen molar-refractivity contribution in [1.82, 2.24) is 15.1 Å². The highest BCUT2D eigenvalue weighted by atomic mass is 35.5. The summed E-state index contributed by atoms with van der Waals surface area (Å²) in [6, 6.07) is 7.61. The minimum Gasteiger partial charge on any atom is -0.315 e. The van der Waals surface area contributed by atoms with Crippen LogP contribution < -0.4 is 5.32 Å². The summed E-state index contributed by atoms with van der Waals surface area (Å²) in [4.78, 5) is 28.6. The van der Waals surface area contributed by atoms with Crippen molar-refractivity contribution < 1.29 is 9.59 Å². The monoisotopic (exact) mass is 337 g/mol. The van der Waals surface area contributed by atoms with Crippen LogP contribution in [0.4, 0.5) is 0 Å². The summed E-state index contributed by atoms with van der Waals surface area (Å²) in [5.41, 5.74) is 1.08. The van der Waals surface area contributed by atoms with Crippen molar-refractivity contribution in [3.8, 4) is 0 Å². The molecule has 0 bridgehead atoms. The molecule has 0 aliphatic carbocycles. The summed E-state index contributed by atoms with van der Waals surface area (Å²) in [5, 5.41) is 3.38. The number of hydrogen-bond acceptors (Lipinski definition) is 4. The van der Waals surface area contributed by atoms with Crippen LogP contribution in [0.15, 0.2) is 24.3 Å². The summed E-state index contributed by atoms with van der Waals surface area (Å²) in [5.74, 6) is -0.303. The number of halogens is 1. The van der Waals surface area contributed by atoms with Gasteiger partial charge in [0, 0.05) is 25.7 Å². The molecule has 2 aliphatic rings. The maximum atomic E-state index is 12.4. The molecule has 1 aromatic rings. The number of imide groups is 1. The van der Waals surface area contributed by atoms with Gasteiger partial charge in [0.05, 0.1) is 11.1 Å². The molecule has 1 unspecified atom stereocenters. The van der Waals surface area contributed by atoms with Gasteiger partial charge in [0.1, 0.15) is 0 Å². The minimum atomic E-state index is -0.151. The van der Waals surface area contributed by atoms with E-state index in [4.69, 9.17) is 0 Å². The molecule has 6 heteroatoms. The summed E-state index contributed by atoms with van der Waals surface area (Å²) < 4.78 is 0. The fraction of sp³-hybridized carbons (Fsp3) is 0.529. The van der Waals surface area contributed by atoms with Crippen molar-refractivity contribution >= 4 is 24.2 Å². The van der Waals surface area contributed by atoms with E-state index in [1.165, 1.54) is 4.90 Å². The molecule has 2 aliphatic heterocycles. The summed E-state index contributed by atoms with van der Waals surface area (Å²) >= 11 is 0. The molecule has 2 heterocycles. The fourth-order valence-corrected chi connectivity index (χ4v) is 3.39. The zero-order valence-electron chi connectivity index (χ0n) is 13.5. The zero-order chi connectivity index (χ0) is 15.5. The van der Waals surface area contributed by atoms with Gasteiger partial charge in [0.2, 0.25) is 0 Å². The number of amides is 2.